The first-order valence-electron chi connectivity index (χ1n) is 4.59. The molecule has 0 N–H and O–H groups in total. The number of rotatable bonds is 3. The summed E-state index contributed by atoms with van der Waals surface area (Å²) in [5.74, 6) is 0. The van der Waals surface area contributed by atoms with E-state index in [1.54, 1.807) is 0 Å². The Morgan fingerprint density at radius 3 is 2.79 bits per heavy atom. The van der Waals surface area contributed by atoms with Crippen LogP contribution in [0.5, 0.6) is 0 Å². The fraction of sp³-hybridized carbons (Fsp3) is 0.667. The average molecular weight is 193 g/mol. The van der Waals surface area contributed by atoms with Gasteiger partial charge in [0.2, 0.25) is 0 Å². The summed E-state index contributed by atoms with van der Waals surface area (Å²) in [6, 6.07) is 0. The maximum absolute atomic E-state index is 8.12. The lowest BCUT2D eigenvalue weighted by Gasteiger charge is -2.18. The number of nitrogens with zero attached hydrogens (tertiary/aromatic N) is 5. The first-order chi connectivity index (χ1) is 6.54. The Morgan fingerprint density at radius 1 is 1.57 bits per heavy atom. The second kappa shape index (κ2) is 4.15. The molecule has 0 atom stereocenters. The van der Waals surface area contributed by atoms with Crippen LogP contribution in [-0.2, 0) is 12.0 Å². The van der Waals surface area contributed by atoms with Gasteiger partial charge in [0.25, 0.3) is 0 Å². The summed E-state index contributed by atoms with van der Waals surface area (Å²) in [4.78, 5) is 2.70. The fourth-order valence-electron chi connectivity index (χ4n) is 1.08. The van der Waals surface area contributed by atoms with Crippen LogP contribution in [-0.4, -0.2) is 16.3 Å². The van der Waals surface area contributed by atoms with Crippen LogP contribution in [0.15, 0.2) is 17.5 Å². The molecule has 0 unspecified atom stereocenters. The Morgan fingerprint density at radius 2 is 2.29 bits per heavy atom. The summed E-state index contributed by atoms with van der Waals surface area (Å²) in [7, 11) is 0. The Labute approximate surface area is 83.4 Å². The molecule has 5 nitrogen and oxygen atoms in total. The van der Waals surface area contributed by atoms with Gasteiger partial charge in [-0.2, -0.15) is 5.10 Å². The lowest BCUT2D eigenvalue weighted by atomic mass is 10.1. The van der Waals surface area contributed by atoms with Crippen molar-refractivity contribution >= 4 is 0 Å². The van der Waals surface area contributed by atoms with Gasteiger partial charge in [-0.25, -0.2) is 0 Å². The van der Waals surface area contributed by atoms with Crippen LogP contribution in [0.3, 0.4) is 0 Å². The second-order valence-corrected chi connectivity index (χ2v) is 4.17. The van der Waals surface area contributed by atoms with E-state index in [0.717, 1.165) is 12.0 Å². The van der Waals surface area contributed by atoms with Gasteiger partial charge in [-0.15, -0.1) is 0 Å². The minimum absolute atomic E-state index is 0.0107. The van der Waals surface area contributed by atoms with Crippen molar-refractivity contribution in [3.63, 3.8) is 0 Å². The third kappa shape index (κ3) is 2.78. The lowest BCUT2D eigenvalue weighted by Crippen LogP contribution is -2.21. The van der Waals surface area contributed by atoms with Gasteiger partial charge in [-0.1, -0.05) is 5.11 Å². The monoisotopic (exact) mass is 193 g/mol. The van der Waals surface area contributed by atoms with Gasteiger partial charge < -0.3 is 0 Å². The van der Waals surface area contributed by atoms with Gasteiger partial charge in [0.05, 0.1) is 11.7 Å². The van der Waals surface area contributed by atoms with Crippen molar-refractivity contribution in [2.75, 3.05) is 6.54 Å². The molecule has 0 aliphatic rings. The zero-order valence-corrected chi connectivity index (χ0v) is 8.80. The molecule has 1 aromatic heterocycles. The molecule has 0 amide bonds. The number of hydrogen-bond acceptors (Lipinski definition) is 2. The molecule has 14 heavy (non-hydrogen) atoms. The zero-order chi connectivity index (χ0) is 10.6. The van der Waals surface area contributed by atoms with Crippen molar-refractivity contribution in [3.05, 3.63) is 28.4 Å². The molecule has 0 aromatic carbocycles. The van der Waals surface area contributed by atoms with Gasteiger partial charge in [0.1, 0.15) is 0 Å². The molecule has 0 aliphatic heterocycles. The molecule has 0 bridgehead atoms. The van der Waals surface area contributed by atoms with Crippen LogP contribution in [0, 0.1) is 0 Å². The van der Waals surface area contributed by atoms with Crippen LogP contribution in [0.2, 0.25) is 0 Å². The van der Waals surface area contributed by atoms with Crippen LogP contribution in [0.4, 0.5) is 0 Å². The summed E-state index contributed by atoms with van der Waals surface area (Å²) < 4.78 is 1.92. The van der Waals surface area contributed by atoms with Crippen molar-refractivity contribution in [2.24, 2.45) is 5.11 Å². The Kier molecular flexibility index (Phi) is 3.14. The van der Waals surface area contributed by atoms with E-state index >= 15 is 0 Å². The normalized spacial score (nSPS) is 11.1. The van der Waals surface area contributed by atoms with E-state index in [2.05, 4.69) is 35.9 Å². The van der Waals surface area contributed by atoms with Gasteiger partial charge in [0.15, 0.2) is 0 Å². The smallest absolute Gasteiger partial charge is 0.0543 e. The molecule has 5 heteroatoms. The second-order valence-electron chi connectivity index (χ2n) is 4.17. The summed E-state index contributed by atoms with van der Waals surface area (Å²) in [6.07, 6.45) is 4.56. The molecule has 1 rings (SSSR count). The highest BCUT2D eigenvalue weighted by Gasteiger charge is 2.13. The van der Waals surface area contributed by atoms with Crippen LogP contribution < -0.4 is 0 Å². The van der Waals surface area contributed by atoms with Crippen LogP contribution in [0.1, 0.15) is 26.3 Å². The van der Waals surface area contributed by atoms with E-state index in [-0.39, 0.29) is 5.54 Å². The average Bonchev–Trinajstić information content (AvgIpc) is 2.52. The van der Waals surface area contributed by atoms with E-state index in [1.807, 2.05) is 17.1 Å². The Bertz CT molecular complexity index is 340. The number of azide groups is 1. The summed E-state index contributed by atoms with van der Waals surface area (Å²) in [6.45, 7) is 6.78. The van der Waals surface area contributed by atoms with Gasteiger partial charge in [0, 0.05) is 17.7 Å². The minimum Gasteiger partial charge on any atom is -0.267 e. The highest BCUT2D eigenvalue weighted by atomic mass is 15.3. The van der Waals surface area contributed by atoms with Gasteiger partial charge >= 0.3 is 0 Å². The van der Waals surface area contributed by atoms with Crippen molar-refractivity contribution in [3.8, 4) is 0 Å². The SMILES string of the molecule is CC(C)(C)n1cc(CCN=[N+]=[N-])cn1. The molecule has 0 saturated heterocycles. The molecule has 76 valence electrons. The molecule has 0 fully saturated rings. The van der Waals surface area contributed by atoms with E-state index in [1.165, 1.54) is 0 Å². The highest BCUT2D eigenvalue weighted by molar-refractivity contribution is 5.05. The third-order valence-corrected chi connectivity index (χ3v) is 1.89. The molecular weight excluding hydrogens is 178 g/mol. The first-order valence-corrected chi connectivity index (χ1v) is 4.59. The first kappa shape index (κ1) is 10.6. The van der Waals surface area contributed by atoms with Crippen LogP contribution in [0.25, 0.3) is 10.4 Å². The predicted octanol–water partition coefficient (Wildman–Crippen LogP) is 2.49. The third-order valence-electron chi connectivity index (χ3n) is 1.89. The lowest BCUT2D eigenvalue weighted by molar-refractivity contribution is 0.355. The molecule has 0 spiro atoms. The minimum atomic E-state index is 0.0107. The van der Waals surface area contributed by atoms with E-state index in [4.69, 9.17) is 5.53 Å². The standard InChI is InChI=1S/C9H15N5/c1-9(2,3)14-7-8(6-12-14)4-5-11-13-10/h6-7H,4-5H2,1-3H3. The summed E-state index contributed by atoms with van der Waals surface area (Å²) in [5, 5.41) is 7.73. The Balaban J connectivity index is 2.64. The predicted molar refractivity (Wildman–Crippen MR) is 54.9 cm³/mol. The molecule has 1 heterocycles. The largest absolute Gasteiger partial charge is 0.267 e. The van der Waals surface area contributed by atoms with Crippen molar-refractivity contribution in [1.82, 2.24) is 9.78 Å². The molecule has 0 saturated carbocycles. The Hall–Kier alpha value is -1.48. The van der Waals surface area contributed by atoms with Crippen LogP contribution >= 0.6 is 0 Å². The summed E-state index contributed by atoms with van der Waals surface area (Å²) >= 11 is 0. The van der Waals surface area contributed by atoms with Crippen molar-refractivity contribution in [2.45, 2.75) is 32.7 Å². The molecule has 1 aromatic rings. The van der Waals surface area contributed by atoms with E-state index in [9.17, 15) is 0 Å². The topological polar surface area (TPSA) is 66.6 Å². The van der Waals surface area contributed by atoms with E-state index < -0.39 is 0 Å². The van der Waals surface area contributed by atoms with Crippen molar-refractivity contribution < 1.29 is 0 Å². The maximum Gasteiger partial charge on any atom is 0.0543 e. The van der Waals surface area contributed by atoms with Gasteiger partial charge in [-0.3, -0.25) is 4.68 Å². The molecular formula is C9H15N5. The van der Waals surface area contributed by atoms with Gasteiger partial charge in [-0.05, 0) is 38.3 Å². The quantitative estimate of drug-likeness (QED) is 0.413. The zero-order valence-electron chi connectivity index (χ0n) is 8.80. The molecule has 0 radical (unpaired) electrons. The highest BCUT2D eigenvalue weighted by Crippen LogP contribution is 2.13. The number of hydrogen-bond donors (Lipinski definition) is 0. The maximum atomic E-state index is 8.12. The van der Waals surface area contributed by atoms with E-state index in [0.29, 0.717) is 6.54 Å². The number of aromatic nitrogens is 2. The fourth-order valence-corrected chi connectivity index (χ4v) is 1.08. The summed E-state index contributed by atoms with van der Waals surface area (Å²) in [5.41, 5.74) is 9.23. The van der Waals surface area contributed by atoms with Crippen molar-refractivity contribution in [1.29, 1.82) is 0 Å². The molecule has 0 aliphatic carbocycles.